The first-order valence-electron chi connectivity index (χ1n) is 10.4. The molecular formula is C24H30N2O5. The van der Waals surface area contributed by atoms with Crippen molar-refractivity contribution in [3.63, 3.8) is 0 Å². The summed E-state index contributed by atoms with van der Waals surface area (Å²) in [6, 6.07) is 17.6. The summed E-state index contributed by atoms with van der Waals surface area (Å²) in [4.78, 5) is 33.7. The molecule has 1 heterocycles. The van der Waals surface area contributed by atoms with Gasteiger partial charge in [-0.15, -0.1) is 0 Å². The highest BCUT2D eigenvalue weighted by Crippen LogP contribution is 2.33. The molecule has 1 saturated heterocycles. The summed E-state index contributed by atoms with van der Waals surface area (Å²) in [6.07, 6.45) is 0.857. The number of hydroxylamine groups is 2. The van der Waals surface area contributed by atoms with Crippen molar-refractivity contribution in [3.8, 4) is 5.75 Å². The molecule has 1 fully saturated rings. The minimum Gasteiger partial charge on any atom is -0.496 e. The zero-order valence-corrected chi connectivity index (χ0v) is 18.4. The first-order valence-corrected chi connectivity index (χ1v) is 10.4. The number of amides is 1. The molecular weight excluding hydrogens is 396 g/mol. The number of para-hydroxylation sites is 1. The van der Waals surface area contributed by atoms with Gasteiger partial charge in [-0.05, 0) is 24.5 Å². The van der Waals surface area contributed by atoms with Crippen molar-refractivity contribution in [2.24, 2.45) is 0 Å². The number of rotatable bonds is 8. The molecule has 1 amide bonds. The third-order valence-electron chi connectivity index (χ3n) is 5.71. The molecule has 0 atom stereocenters. The van der Waals surface area contributed by atoms with Crippen LogP contribution in [0.2, 0.25) is 0 Å². The summed E-state index contributed by atoms with van der Waals surface area (Å²) < 4.78 is 10.5. The Hall–Kier alpha value is -2.90. The van der Waals surface area contributed by atoms with E-state index >= 15 is 0 Å². The minimum atomic E-state index is -1.16. The third-order valence-corrected chi connectivity index (χ3v) is 5.71. The predicted octanol–water partition coefficient (Wildman–Crippen LogP) is 3.18. The second-order valence-electron chi connectivity index (χ2n) is 7.68. The van der Waals surface area contributed by atoms with Crippen LogP contribution in [0.15, 0.2) is 54.6 Å². The van der Waals surface area contributed by atoms with E-state index in [4.69, 9.17) is 14.3 Å². The van der Waals surface area contributed by atoms with Crippen LogP contribution < -0.4 is 4.74 Å². The Balaban J connectivity index is 1.76. The second-order valence-corrected chi connectivity index (χ2v) is 7.68. The van der Waals surface area contributed by atoms with Crippen LogP contribution in [0.4, 0.5) is 0 Å². The van der Waals surface area contributed by atoms with Crippen molar-refractivity contribution in [3.05, 3.63) is 65.7 Å². The van der Waals surface area contributed by atoms with E-state index in [-0.39, 0.29) is 12.5 Å². The van der Waals surface area contributed by atoms with E-state index in [2.05, 4.69) is 17.0 Å². The summed E-state index contributed by atoms with van der Waals surface area (Å²) in [6.45, 7) is 3.59. The molecule has 0 aromatic heterocycles. The van der Waals surface area contributed by atoms with Crippen molar-refractivity contribution >= 4 is 11.9 Å². The summed E-state index contributed by atoms with van der Waals surface area (Å²) in [5, 5.41) is 1.21. The number of piperidine rings is 1. The van der Waals surface area contributed by atoms with Crippen molar-refractivity contribution in [2.75, 3.05) is 27.3 Å². The number of carbonyl (C=O) groups excluding carboxylic acids is 2. The highest BCUT2D eigenvalue weighted by Gasteiger charge is 2.50. The first kappa shape index (κ1) is 22.8. The van der Waals surface area contributed by atoms with Gasteiger partial charge in [-0.3, -0.25) is 14.5 Å². The van der Waals surface area contributed by atoms with Crippen LogP contribution in [0.25, 0.3) is 0 Å². The Morgan fingerprint density at radius 3 is 2.26 bits per heavy atom. The van der Waals surface area contributed by atoms with E-state index in [1.165, 1.54) is 24.7 Å². The molecule has 0 spiro atoms. The number of esters is 1. The number of hydrogen-bond acceptors (Lipinski definition) is 6. The number of ether oxygens (including phenoxy) is 2. The van der Waals surface area contributed by atoms with Gasteiger partial charge in [0.1, 0.15) is 12.4 Å². The van der Waals surface area contributed by atoms with E-state index in [1.807, 2.05) is 42.5 Å². The molecule has 31 heavy (non-hydrogen) atoms. The van der Waals surface area contributed by atoms with E-state index in [1.54, 1.807) is 7.11 Å². The van der Waals surface area contributed by atoms with Crippen LogP contribution in [0.1, 0.15) is 30.9 Å². The highest BCUT2D eigenvalue weighted by atomic mass is 16.7. The molecule has 0 bridgehead atoms. The van der Waals surface area contributed by atoms with Crippen LogP contribution in [0.5, 0.6) is 5.75 Å². The molecule has 3 rings (SSSR count). The van der Waals surface area contributed by atoms with E-state index in [9.17, 15) is 9.59 Å². The Kier molecular flexibility index (Phi) is 7.65. The SMILES string of the molecule is COC(=O)C1(N(OCc2ccccc2OC)C(C)=O)CCN(Cc2ccccc2)CC1. The Labute approximate surface area is 183 Å². The van der Waals surface area contributed by atoms with Gasteiger partial charge in [0, 0.05) is 32.1 Å². The Morgan fingerprint density at radius 1 is 1.00 bits per heavy atom. The number of hydrogen-bond donors (Lipinski definition) is 0. The average Bonchev–Trinajstić information content (AvgIpc) is 2.80. The van der Waals surface area contributed by atoms with Crippen molar-refractivity contribution in [2.45, 2.75) is 38.5 Å². The number of nitrogens with zero attached hydrogens (tertiary/aromatic N) is 2. The van der Waals surface area contributed by atoms with Crippen LogP contribution in [-0.4, -0.2) is 54.7 Å². The van der Waals surface area contributed by atoms with Gasteiger partial charge < -0.3 is 9.47 Å². The predicted molar refractivity (Wildman–Crippen MR) is 116 cm³/mol. The summed E-state index contributed by atoms with van der Waals surface area (Å²) in [5.74, 6) is -0.130. The molecule has 166 valence electrons. The molecule has 0 saturated carbocycles. The lowest BCUT2D eigenvalue weighted by molar-refractivity contribution is -0.240. The van der Waals surface area contributed by atoms with Crippen LogP contribution in [0.3, 0.4) is 0 Å². The molecule has 0 N–H and O–H groups in total. The summed E-state index contributed by atoms with van der Waals surface area (Å²) in [7, 11) is 2.93. The number of methoxy groups -OCH3 is 2. The van der Waals surface area contributed by atoms with Gasteiger partial charge in [0.2, 0.25) is 5.91 Å². The maximum absolute atomic E-state index is 12.9. The molecule has 1 aliphatic heterocycles. The molecule has 0 aliphatic carbocycles. The summed E-state index contributed by atoms with van der Waals surface area (Å²) in [5.41, 5.74) is 0.845. The molecule has 2 aromatic rings. The number of benzene rings is 2. The molecule has 7 nitrogen and oxygen atoms in total. The van der Waals surface area contributed by atoms with Gasteiger partial charge in [0.25, 0.3) is 0 Å². The molecule has 1 aliphatic rings. The fourth-order valence-corrected chi connectivity index (χ4v) is 4.07. The highest BCUT2D eigenvalue weighted by molar-refractivity contribution is 5.86. The van der Waals surface area contributed by atoms with Gasteiger partial charge in [0.05, 0.1) is 14.2 Å². The van der Waals surface area contributed by atoms with Gasteiger partial charge >= 0.3 is 5.97 Å². The fourth-order valence-electron chi connectivity index (χ4n) is 4.07. The standard InChI is InChI=1S/C24H30N2O5/c1-19(27)26(31-18-21-11-7-8-12-22(21)29-2)24(23(28)30-3)13-15-25(16-14-24)17-20-9-5-4-6-10-20/h4-12H,13-18H2,1-3H3. The zero-order valence-electron chi connectivity index (χ0n) is 18.4. The molecule has 7 heteroatoms. The lowest BCUT2D eigenvalue weighted by Gasteiger charge is -2.45. The molecule has 0 radical (unpaired) electrons. The maximum atomic E-state index is 12.9. The average molecular weight is 427 g/mol. The Morgan fingerprint density at radius 2 is 1.65 bits per heavy atom. The molecule has 0 unspecified atom stereocenters. The maximum Gasteiger partial charge on any atom is 0.334 e. The lowest BCUT2D eigenvalue weighted by atomic mass is 9.86. The second kappa shape index (κ2) is 10.4. The Bertz CT molecular complexity index is 879. The van der Waals surface area contributed by atoms with E-state index < -0.39 is 11.5 Å². The fraction of sp³-hybridized carbons (Fsp3) is 0.417. The van der Waals surface area contributed by atoms with E-state index in [0.717, 1.165) is 12.1 Å². The van der Waals surface area contributed by atoms with Crippen molar-refractivity contribution < 1.29 is 23.9 Å². The largest absolute Gasteiger partial charge is 0.496 e. The monoisotopic (exact) mass is 426 g/mol. The lowest BCUT2D eigenvalue weighted by Crippen LogP contribution is -2.61. The van der Waals surface area contributed by atoms with Crippen molar-refractivity contribution in [1.29, 1.82) is 0 Å². The van der Waals surface area contributed by atoms with Gasteiger partial charge in [-0.1, -0.05) is 48.5 Å². The topological polar surface area (TPSA) is 68.3 Å². The van der Waals surface area contributed by atoms with Crippen LogP contribution >= 0.6 is 0 Å². The minimum absolute atomic E-state index is 0.107. The first-order chi connectivity index (χ1) is 15.0. The van der Waals surface area contributed by atoms with Crippen LogP contribution in [-0.2, 0) is 32.3 Å². The number of likely N-dealkylation sites (tertiary alicyclic amines) is 1. The van der Waals surface area contributed by atoms with Gasteiger partial charge in [0.15, 0.2) is 5.54 Å². The smallest absolute Gasteiger partial charge is 0.334 e. The van der Waals surface area contributed by atoms with E-state index in [0.29, 0.717) is 31.7 Å². The third kappa shape index (κ3) is 5.24. The van der Waals surface area contributed by atoms with Gasteiger partial charge in [-0.25, -0.2) is 9.86 Å². The normalized spacial score (nSPS) is 15.8. The van der Waals surface area contributed by atoms with Crippen LogP contribution in [0, 0.1) is 0 Å². The van der Waals surface area contributed by atoms with Crippen molar-refractivity contribution in [1.82, 2.24) is 9.96 Å². The number of carbonyl (C=O) groups is 2. The molecule has 2 aromatic carbocycles. The van der Waals surface area contributed by atoms with Gasteiger partial charge in [-0.2, -0.15) is 0 Å². The summed E-state index contributed by atoms with van der Waals surface area (Å²) >= 11 is 0. The zero-order chi connectivity index (χ0) is 22.3. The quantitative estimate of drug-likeness (QED) is 0.477.